The molecule has 0 saturated heterocycles. The number of fused-ring (bicyclic) bond motifs is 1. The Morgan fingerprint density at radius 1 is 1.28 bits per heavy atom. The predicted octanol–water partition coefficient (Wildman–Crippen LogP) is 3.85. The summed E-state index contributed by atoms with van der Waals surface area (Å²) in [5, 5.41) is 2.97. The molecule has 1 amide bonds. The van der Waals surface area contributed by atoms with Crippen molar-refractivity contribution in [1.29, 1.82) is 0 Å². The molecule has 6 nitrogen and oxygen atoms in total. The lowest BCUT2D eigenvalue weighted by Gasteiger charge is -2.26. The molecular formula is C23H28N4O2. The highest BCUT2D eigenvalue weighted by Gasteiger charge is 2.20. The zero-order valence-corrected chi connectivity index (χ0v) is 17.1. The van der Waals surface area contributed by atoms with E-state index in [1.165, 1.54) is 12.8 Å². The Balaban J connectivity index is 1.31. The van der Waals surface area contributed by atoms with Crippen LogP contribution in [0.15, 0.2) is 42.9 Å². The summed E-state index contributed by atoms with van der Waals surface area (Å²) in [4.78, 5) is 21.3. The lowest BCUT2D eigenvalue weighted by molar-refractivity contribution is -0.120. The van der Waals surface area contributed by atoms with Gasteiger partial charge >= 0.3 is 0 Å². The molecule has 152 valence electrons. The first-order valence-electron chi connectivity index (χ1n) is 10.4. The first kappa shape index (κ1) is 19.4. The number of imidazole rings is 1. The fourth-order valence-electron chi connectivity index (χ4n) is 3.86. The van der Waals surface area contributed by atoms with Gasteiger partial charge in [-0.3, -0.25) is 4.79 Å². The van der Waals surface area contributed by atoms with Crippen molar-refractivity contribution in [2.24, 2.45) is 5.92 Å². The second-order valence-electron chi connectivity index (χ2n) is 8.11. The van der Waals surface area contributed by atoms with Gasteiger partial charge < -0.3 is 14.5 Å². The molecule has 4 rings (SSSR count). The summed E-state index contributed by atoms with van der Waals surface area (Å²) in [6.45, 7) is 4.76. The van der Waals surface area contributed by atoms with Gasteiger partial charge in [-0.1, -0.05) is 13.0 Å². The smallest absolute Gasteiger partial charge is 0.226 e. The maximum Gasteiger partial charge on any atom is 0.226 e. The van der Waals surface area contributed by atoms with Crippen molar-refractivity contribution in [3.8, 4) is 5.88 Å². The highest BCUT2D eigenvalue weighted by atomic mass is 16.5. The van der Waals surface area contributed by atoms with E-state index in [9.17, 15) is 4.79 Å². The standard InChI is InChI=1S/C23H28N4O2/c1-16-5-7-20(8-6-16)29-22-12-18(9-10-24-22)14-25-21(28)13-19-15-27-11-3-4-17(2)23(27)26-19/h3-4,9-12,15-16,20H,5-8,13-14H2,1-2H3,(H,25,28). The number of rotatable bonds is 6. The average molecular weight is 393 g/mol. The quantitative estimate of drug-likeness (QED) is 0.692. The molecule has 0 aromatic carbocycles. The van der Waals surface area contributed by atoms with Gasteiger partial charge in [0.25, 0.3) is 0 Å². The van der Waals surface area contributed by atoms with Crippen LogP contribution in [0.2, 0.25) is 0 Å². The van der Waals surface area contributed by atoms with Gasteiger partial charge in [-0.05, 0) is 61.8 Å². The van der Waals surface area contributed by atoms with Crippen molar-refractivity contribution in [2.45, 2.75) is 58.6 Å². The van der Waals surface area contributed by atoms with Crippen molar-refractivity contribution in [3.05, 3.63) is 59.7 Å². The van der Waals surface area contributed by atoms with Crippen LogP contribution < -0.4 is 10.1 Å². The minimum absolute atomic E-state index is 0.0494. The fourth-order valence-corrected chi connectivity index (χ4v) is 3.86. The molecule has 0 aliphatic heterocycles. The number of hydrogen-bond acceptors (Lipinski definition) is 4. The summed E-state index contributed by atoms with van der Waals surface area (Å²) in [6.07, 6.45) is 10.7. The molecule has 29 heavy (non-hydrogen) atoms. The molecule has 1 saturated carbocycles. The van der Waals surface area contributed by atoms with Gasteiger partial charge in [0.1, 0.15) is 11.8 Å². The van der Waals surface area contributed by atoms with Gasteiger partial charge in [0.05, 0.1) is 12.1 Å². The zero-order chi connectivity index (χ0) is 20.2. The number of pyridine rings is 2. The molecule has 0 radical (unpaired) electrons. The van der Waals surface area contributed by atoms with Crippen LogP contribution in [0.3, 0.4) is 0 Å². The molecule has 3 heterocycles. The topological polar surface area (TPSA) is 68.5 Å². The molecule has 6 heteroatoms. The second-order valence-corrected chi connectivity index (χ2v) is 8.11. The molecule has 3 aromatic rings. The highest BCUT2D eigenvalue weighted by Crippen LogP contribution is 2.26. The number of carbonyl (C=O) groups is 1. The number of aryl methyl sites for hydroxylation is 1. The maximum atomic E-state index is 12.4. The first-order chi connectivity index (χ1) is 14.1. The number of nitrogens with zero attached hydrogens (tertiary/aromatic N) is 3. The molecule has 3 aromatic heterocycles. The minimum atomic E-state index is -0.0494. The van der Waals surface area contributed by atoms with Crippen LogP contribution in [0.5, 0.6) is 5.88 Å². The first-order valence-corrected chi connectivity index (χ1v) is 10.4. The zero-order valence-electron chi connectivity index (χ0n) is 17.1. The van der Waals surface area contributed by atoms with Gasteiger partial charge in [0, 0.05) is 31.2 Å². The average Bonchev–Trinajstić information content (AvgIpc) is 3.12. The van der Waals surface area contributed by atoms with Gasteiger partial charge in [0.2, 0.25) is 11.8 Å². The van der Waals surface area contributed by atoms with Gasteiger partial charge in [0.15, 0.2) is 0 Å². The Morgan fingerprint density at radius 2 is 2.10 bits per heavy atom. The van der Waals surface area contributed by atoms with Crippen LogP contribution in [-0.4, -0.2) is 26.4 Å². The summed E-state index contributed by atoms with van der Waals surface area (Å²) in [7, 11) is 0. The van der Waals surface area contributed by atoms with Crippen molar-refractivity contribution >= 4 is 11.6 Å². The second kappa shape index (κ2) is 8.64. The molecule has 1 aliphatic carbocycles. The van der Waals surface area contributed by atoms with Crippen LogP contribution in [-0.2, 0) is 17.8 Å². The number of amides is 1. The molecule has 0 spiro atoms. The van der Waals surface area contributed by atoms with Crippen molar-refractivity contribution in [2.75, 3.05) is 0 Å². The van der Waals surface area contributed by atoms with E-state index in [0.717, 1.165) is 41.2 Å². The third-order valence-corrected chi connectivity index (χ3v) is 5.61. The number of carbonyl (C=O) groups excluding carboxylic acids is 1. The number of hydrogen-bond donors (Lipinski definition) is 1. The van der Waals surface area contributed by atoms with Gasteiger partial charge in [-0.25, -0.2) is 9.97 Å². The summed E-state index contributed by atoms with van der Waals surface area (Å²) in [5.74, 6) is 1.39. The fraction of sp³-hybridized carbons (Fsp3) is 0.435. The summed E-state index contributed by atoms with van der Waals surface area (Å²) in [6, 6.07) is 7.82. The molecule has 1 fully saturated rings. The SMILES string of the molecule is Cc1cccn2cc(CC(=O)NCc3ccnc(OC4CCC(C)CC4)c3)nc12. The summed E-state index contributed by atoms with van der Waals surface area (Å²) >= 11 is 0. The third kappa shape index (κ3) is 4.94. The molecular weight excluding hydrogens is 364 g/mol. The van der Waals surface area contributed by atoms with E-state index in [1.807, 2.05) is 48.0 Å². The van der Waals surface area contributed by atoms with Crippen LogP contribution in [0.1, 0.15) is 49.4 Å². The Kier molecular flexibility index (Phi) is 5.79. The Hall–Kier alpha value is -2.89. The minimum Gasteiger partial charge on any atom is -0.474 e. The lowest BCUT2D eigenvalue weighted by Crippen LogP contribution is -2.25. The van der Waals surface area contributed by atoms with Gasteiger partial charge in [-0.15, -0.1) is 0 Å². The van der Waals surface area contributed by atoms with E-state index in [2.05, 4.69) is 22.2 Å². The Bertz CT molecular complexity index is 989. The van der Waals surface area contributed by atoms with Crippen LogP contribution >= 0.6 is 0 Å². The molecule has 0 atom stereocenters. The van der Waals surface area contributed by atoms with Crippen molar-refractivity contribution in [3.63, 3.8) is 0 Å². The lowest BCUT2D eigenvalue weighted by atomic mass is 9.89. The molecule has 1 aliphatic rings. The number of nitrogens with one attached hydrogen (secondary N) is 1. The Labute approximate surface area is 171 Å². The Morgan fingerprint density at radius 3 is 2.90 bits per heavy atom. The van der Waals surface area contributed by atoms with E-state index in [4.69, 9.17) is 4.74 Å². The largest absolute Gasteiger partial charge is 0.474 e. The van der Waals surface area contributed by atoms with Crippen LogP contribution in [0.25, 0.3) is 5.65 Å². The highest BCUT2D eigenvalue weighted by molar-refractivity contribution is 5.78. The maximum absolute atomic E-state index is 12.4. The monoisotopic (exact) mass is 392 g/mol. The van der Waals surface area contributed by atoms with Crippen LogP contribution in [0, 0.1) is 12.8 Å². The van der Waals surface area contributed by atoms with Crippen LogP contribution in [0.4, 0.5) is 0 Å². The van der Waals surface area contributed by atoms with E-state index < -0.39 is 0 Å². The normalized spacial score (nSPS) is 19.2. The van der Waals surface area contributed by atoms with E-state index in [-0.39, 0.29) is 18.4 Å². The van der Waals surface area contributed by atoms with Crippen molar-refractivity contribution in [1.82, 2.24) is 19.7 Å². The molecule has 1 N–H and O–H groups in total. The van der Waals surface area contributed by atoms with Gasteiger partial charge in [-0.2, -0.15) is 0 Å². The van der Waals surface area contributed by atoms with E-state index in [1.54, 1.807) is 6.20 Å². The van der Waals surface area contributed by atoms with E-state index >= 15 is 0 Å². The summed E-state index contributed by atoms with van der Waals surface area (Å²) < 4.78 is 8.01. The van der Waals surface area contributed by atoms with E-state index in [0.29, 0.717) is 12.4 Å². The van der Waals surface area contributed by atoms with Crippen molar-refractivity contribution < 1.29 is 9.53 Å². The number of ether oxygens (including phenoxy) is 1. The predicted molar refractivity (Wildman–Crippen MR) is 112 cm³/mol. The summed E-state index contributed by atoms with van der Waals surface area (Å²) in [5.41, 5.74) is 3.74. The molecule has 0 unspecified atom stereocenters. The molecule has 0 bridgehead atoms. The third-order valence-electron chi connectivity index (χ3n) is 5.61. The number of aromatic nitrogens is 3.